The molecule has 1 aliphatic heterocycles. The number of nitrogens with zero attached hydrogens (tertiary/aromatic N) is 4. The monoisotopic (exact) mass is 292 g/mol. The van der Waals surface area contributed by atoms with Crippen LogP contribution in [0.5, 0.6) is 0 Å². The zero-order valence-electron chi connectivity index (χ0n) is 13.1. The first-order valence-corrected chi connectivity index (χ1v) is 7.80. The Morgan fingerprint density at radius 3 is 2.64 bits per heavy atom. The van der Waals surface area contributed by atoms with Crippen LogP contribution in [0.15, 0.2) is 18.2 Å². The molecular formula is C18H20N4. The molecule has 22 heavy (non-hydrogen) atoms. The second kappa shape index (κ2) is 6.15. The maximum absolute atomic E-state index is 9.57. The minimum Gasteiger partial charge on any atom is -0.310 e. The van der Waals surface area contributed by atoms with Crippen molar-refractivity contribution in [1.29, 1.82) is 5.26 Å². The Labute approximate surface area is 131 Å². The molecule has 0 atom stereocenters. The second-order valence-corrected chi connectivity index (χ2v) is 5.99. The number of nitriles is 1. The highest BCUT2D eigenvalue weighted by Crippen LogP contribution is 2.22. The van der Waals surface area contributed by atoms with Crippen molar-refractivity contribution in [2.24, 2.45) is 0 Å². The Bertz CT molecular complexity index is 742. The molecule has 3 rings (SSSR count). The smallest absolute Gasteiger partial charge is 0.174 e. The summed E-state index contributed by atoms with van der Waals surface area (Å²) >= 11 is 0. The molecule has 0 amide bonds. The summed E-state index contributed by atoms with van der Waals surface area (Å²) in [5.74, 6) is 1.72. The summed E-state index contributed by atoms with van der Waals surface area (Å²) in [4.78, 5) is 0. The number of aromatic nitrogens is 3. The lowest BCUT2D eigenvalue weighted by atomic mass is 10.0. The van der Waals surface area contributed by atoms with Crippen molar-refractivity contribution in [2.75, 3.05) is 0 Å². The van der Waals surface area contributed by atoms with Gasteiger partial charge >= 0.3 is 0 Å². The largest absolute Gasteiger partial charge is 0.310 e. The first-order valence-electron chi connectivity index (χ1n) is 7.80. The molecule has 4 heteroatoms. The summed E-state index contributed by atoms with van der Waals surface area (Å²) in [7, 11) is 0. The van der Waals surface area contributed by atoms with Crippen LogP contribution in [0.4, 0.5) is 0 Å². The third-order valence-corrected chi connectivity index (χ3v) is 4.03. The van der Waals surface area contributed by atoms with Gasteiger partial charge in [-0.25, -0.2) is 0 Å². The van der Waals surface area contributed by atoms with Crippen molar-refractivity contribution in [3.63, 3.8) is 0 Å². The first kappa shape index (κ1) is 14.5. The van der Waals surface area contributed by atoms with Crippen molar-refractivity contribution >= 4 is 11.6 Å². The van der Waals surface area contributed by atoms with E-state index in [1.165, 1.54) is 17.5 Å². The summed E-state index contributed by atoms with van der Waals surface area (Å²) in [6.07, 6.45) is 6.37. The molecule has 0 saturated carbocycles. The van der Waals surface area contributed by atoms with Crippen LogP contribution >= 0.6 is 0 Å². The minimum atomic E-state index is 0.589. The van der Waals surface area contributed by atoms with Gasteiger partial charge in [-0.2, -0.15) is 5.26 Å². The van der Waals surface area contributed by atoms with Crippen LogP contribution in [-0.4, -0.2) is 14.8 Å². The molecule has 0 fully saturated rings. The quantitative estimate of drug-likeness (QED) is 0.793. The average molecular weight is 292 g/mol. The summed E-state index contributed by atoms with van der Waals surface area (Å²) < 4.78 is 2.12. The van der Waals surface area contributed by atoms with Crippen molar-refractivity contribution in [2.45, 2.75) is 46.1 Å². The Morgan fingerprint density at radius 2 is 1.91 bits per heavy atom. The van der Waals surface area contributed by atoms with Gasteiger partial charge in [0.15, 0.2) is 5.82 Å². The van der Waals surface area contributed by atoms with E-state index < -0.39 is 0 Å². The maximum atomic E-state index is 9.57. The van der Waals surface area contributed by atoms with E-state index in [9.17, 15) is 5.26 Å². The fourth-order valence-corrected chi connectivity index (χ4v) is 3.09. The lowest BCUT2D eigenvalue weighted by Crippen LogP contribution is -2.05. The molecule has 2 aromatic rings. The van der Waals surface area contributed by atoms with Crippen LogP contribution in [0.1, 0.15) is 47.6 Å². The molecule has 112 valence electrons. The highest BCUT2D eigenvalue weighted by molar-refractivity contribution is 5.87. The topological polar surface area (TPSA) is 54.5 Å². The second-order valence-electron chi connectivity index (χ2n) is 5.99. The third kappa shape index (κ3) is 2.94. The molecule has 0 N–H and O–H groups in total. The fourth-order valence-electron chi connectivity index (χ4n) is 3.09. The number of fused-ring (bicyclic) bond motifs is 1. The normalized spacial score (nSPS) is 15.0. The van der Waals surface area contributed by atoms with E-state index >= 15 is 0 Å². The van der Waals surface area contributed by atoms with E-state index in [0.717, 1.165) is 37.2 Å². The van der Waals surface area contributed by atoms with Crippen LogP contribution < -0.4 is 0 Å². The van der Waals surface area contributed by atoms with E-state index in [4.69, 9.17) is 0 Å². The number of aryl methyl sites for hydroxylation is 3. The predicted octanol–water partition coefficient (Wildman–Crippen LogP) is 3.69. The highest BCUT2D eigenvalue weighted by Gasteiger charge is 2.17. The number of hydrogen-bond donors (Lipinski definition) is 0. The molecule has 0 bridgehead atoms. The summed E-state index contributed by atoms with van der Waals surface area (Å²) in [5.41, 5.74) is 4.03. The molecule has 0 saturated heterocycles. The zero-order chi connectivity index (χ0) is 15.5. The van der Waals surface area contributed by atoms with Crippen molar-refractivity contribution in [3.8, 4) is 6.07 Å². The molecular weight excluding hydrogens is 272 g/mol. The minimum absolute atomic E-state index is 0.589. The van der Waals surface area contributed by atoms with Gasteiger partial charge in [-0.05, 0) is 38.3 Å². The Morgan fingerprint density at radius 1 is 1.14 bits per heavy atom. The lowest BCUT2D eigenvalue weighted by Gasteiger charge is -2.06. The lowest BCUT2D eigenvalue weighted by molar-refractivity contribution is 0.627. The molecule has 0 radical (unpaired) electrons. The first-order chi connectivity index (χ1) is 10.7. The van der Waals surface area contributed by atoms with Crippen LogP contribution in [0, 0.1) is 25.2 Å². The molecule has 1 aliphatic rings. The fraction of sp³-hybridized carbons (Fsp3) is 0.389. The van der Waals surface area contributed by atoms with Gasteiger partial charge in [0.1, 0.15) is 11.9 Å². The number of allylic oxidation sites excluding steroid dienone is 1. The molecule has 0 aliphatic carbocycles. The summed E-state index contributed by atoms with van der Waals surface area (Å²) in [6.45, 7) is 5.04. The molecule has 1 aromatic carbocycles. The summed E-state index contributed by atoms with van der Waals surface area (Å²) in [5, 5.41) is 18.1. The summed E-state index contributed by atoms with van der Waals surface area (Å²) in [6, 6.07) is 8.61. The van der Waals surface area contributed by atoms with Gasteiger partial charge in [-0.1, -0.05) is 35.7 Å². The van der Waals surface area contributed by atoms with Gasteiger partial charge < -0.3 is 4.57 Å². The predicted molar refractivity (Wildman–Crippen MR) is 87.0 cm³/mol. The Kier molecular flexibility index (Phi) is 4.06. The van der Waals surface area contributed by atoms with E-state index in [2.05, 4.69) is 52.9 Å². The standard InChI is InChI=1S/C18H20N4/c1-13-8-14(2)10-15(9-13)11-16(12-19)18-21-20-17-6-4-3-5-7-22(17)18/h8-11H,3-7H2,1-2H3. The molecule has 1 aromatic heterocycles. The average Bonchev–Trinajstić information content (AvgIpc) is 2.72. The van der Waals surface area contributed by atoms with Gasteiger partial charge in [-0.15, -0.1) is 10.2 Å². The Balaban J connectivity index is 2.03. The number of rotatable bonds is 2. The van der Waals surface area contributed by atoms with Gasteiger partial charge in [0, 0.05) is 13.0 Å². The van der Waals surface area contributed by atoms with E-state index in [-0.39, 0.29) is 0 Å². The molecule has 0 unspecified atom stereocenters. The molecule has 2 heterocycles. The zero-order valence-corrected chi connectivity index (χ0v) is 13.1. The van der Waals surface area contributed by atoms with Gasteiger partial charge in [0.25, 0.3) is 0 Å². The van der Waals surface area contributed by atoms with Crippen LogP contribution in [-0.2, 0) is 13.0 Å². The van der Waals surface area contributed by atoms with E-state index in [1.54, 1.807) is 0 Å². The molecule has 4 nitrogen and oxygen atoms in total. The van der Waals surface area contributed by atoms with Crippen molar-refractivity contribution in [3.05, 3.63) is 46.5 Å². The maximum Gasteiger partial charge on any atom is 0.174 e. The third-order valence-electron chi connectivity index (χ3n) is 4.03. The Hall–Kier alpha value is -2.41. The van der Waals surface area contributed by atoms with Gasteiger partial charge in [0.05, 0.1) is 5.57 Å². The van der Waals surface area contributed by atoms with Crippen LogP contribution in [0.25, 0.3) is 11.6 Å². The van der Waals surface area contributed by atoms with Crippen LogP contribution in [0.3, 0.4) is 0 Å². The van der Waals surface area contributed by atoms with Crippen LogP contribution in [0.2, 0.25) is 0 Å². The molecule has 0 spiro atoms. The highest BCUT2D eigenvalue weighted by atomic mass is 15.3. The van der Waals surface area contributed by atoms with Gasteiger partial charge in [0.2, 0.25) is 0 Å². The van der Waals surface area contributed by atoms with Gasteiger partial charge in [-0.3, -0.25) is 0 Å². The number of benzene rings is 1. The van der Waals surface area contributed by atoms with E-state index in [1.807, 2.05) is 6.08 Å². The van der Waals surface area contributed by atoms with Crippen molar-refractivity contribution < 1.29 is 0 Å². The van der Waals surface area contributed by atoms with Crippen molar-refractivity contribution in [1.82, 2.24) is 14.8 Å². The SMILES string of the molecule is Cc1cc(C)cc(C=C(C#N)c2nnc3n2CCCCC3)c1. The van der Waals surface area contributed by atoms with E-state index in [0.29, 0.717) is 11.4 Å². The number of hydrogen-bond acceptors (Lipinski definition) is 3.